The molecular weight excluding hydrogens is 204 g/mol. The first kappa shape index (κ1) is 7.47. The molecule has 1 nitrogen and oxygen atoms in total. The topological polar surface area (TPSA) is 26.0 Å². The summed E-state index contributed by atoms with van der Waals surface area (Å²) in [5.41, 5.74) is 5.39. The minimum absolute atomic E-state index is 0.0463. The molecule has 0 aliphatic carbocycles. The van der Waals surface area contributed by atoms with Gasteiger partial charge in [-0.1, -0.05) is 0 Å². The van der Waals surface area contributed by atoms with Crippen LogP contribution in [-0.4, -0.2) is 0 Å². The van der Waals surface area contributed by atoms with E-state index in [1.807, 2.05) is 0 Å². The van der Waals surface area contributed by atoms with E-state index in [2.05, 4.69) is 15.9 Å². The monoisotopic (exact) mass is 207 g/mol. The maximum Gasteiger partial charge on any atom is 0.173 e. The van der Waals surface area contributed by atoms with Gasteiger partial charge in [-0.05, 0) is 28.1 Å². The molecule has 1 rings (SSSR count). The second-order valence-electron chi connectivity index (χ2n) is 1.80. The lowest BCUT2D eigenvalue weighted by Gasteiger charge is -1.96. The van der Waals surface area contributed by atoms with Crippen molar-refractivity contribution < 1.29 is 8.78 Å². The van der Waals surface area contributed by atoms with Crippen LogP contribution in [0.15, 0.2) is 16.6 Å². The molecule has 0 radical (unpaired) electrons. The van der Waals surface area contributed by atoms with Crippen LogP contribution in [-0.2, 0) is 0 Å². The third-order valence-electron chi connectivity index (χ3n) is 1.01. The van der Waals surface area contributed by atoms with Crippen molar-refractivity contribution in [1.29, 1.82) is 0 Å². The Balaban J connectivity index is 3.31. The van der Waals surface area contributed by atoms with Crippen LogP contribution in [0, 0.1) is 11.6 Å². The van der Waals surface area contributed by atoms with Gasteiger partial charge in [0, 0.05) is 5.69 Å². The van der Waals surface area contributed by atoms with Crippen LogP contribution in [0.25, 0.3) is 0 Å². The fourth-order valence-electron chi connectivity index (χ4n) is 0.575. The van der Waals surface area contributed by atoms with Gasteiger partial charge in [0.2, 0.25) is 0 Å². The van der Waals surface area contributed by atoms with Crippen LogP contribution in [0.1, 0.15) is 0 Å². The molecule has 0 aliphatic rings. The fraction of sp³-hybridized carbons (Fsp3) is 0. The molecule has 54 valence electrons. The van der Waals surface area contributed by atoms with Crippen LogP contribution in [0.4, 0.5) is 14.5 Å². The number of nitrogen functional groups attached to an aromatic ring is 1. The van der Waals surface area contributed by atoms with E-state index in [0.29, 0.717) is 0 Å². The number of rotatable bonds is 0. The standard InChI is InChI=1S/C6H4BrF2N/c7-4-1-3(10)2-5(8)6(4)9/h1-2H,10H2. The van der Waals surface area contributed by atoms with Crippen molar-refractivity contribution in [2.75, 3.05) is 5.73 Å². The maximum atomic E-state index is 12.4. The number of nitrogens with two attached hydrogens (primary N) is 1. The lowest BCUT2D eigenvalue weighted by molar-refractivity contribution is 0.505. The Morgan fingerprint density at radius 1 is 1.30 bits per heavy atom. The predicted molar refractivity (Wildman–Crippen MR) is 38.5 cm³/mol. The zero-order valence-corrected chi connectivity index (χ0v) is 6.45. The molecular formula is C6H4BrF2N. The van der Waals surface area contributed by atoms with Crippen molar-refractivity contribution in [1.82, 2.24) is 0 Å². The van der Waals surface area contributed by atoms with Crippen molar-refractivity contribution in [3.63, 3.8) is 0 Å². The molecule has 1 aromatic rings. The zero-order chi connectivity index (χ0) is 7.72. The van der Waals surface area contributed by atoms with E-state index in [4.69, 9.17) is 5.73 Å². The minimum atomic E-state index is -0.938. The number of halogens is 3. The maximum absolute atomic E-state index is 12.4. The lowest BCUT2D eigenvalue weighted by Crippen LogP contribution is -1.90. The van der Waals surface area contributed by atoms with Crippen LogP contribution in [0.3, 0.4) is 0 Å². The van der Waals surface area contributed by atoms with Gasteiger partial charge in [-0.15, -0.1) is 0 Å². The summed E-state index contributed by atoms with van der Waals surface area (Å²) < 4.78 is 24.8. The van der Waals surface area contributed by atoms with Gasteiger partial charge in [0.05, 0.1) is 4.47 Å². The Morgan fingerprint density at radius 2 is 1.90 bits per heavy atom. The van der Waals surface area contributed by atoms with Gasteiger partial charge in [0.15, 0.2) is 11.6 Å². The molecule has 4 heteroatoms. The average molecular weight is 208 g/mol. The van der Waals surface area contributed by atoms with E-state index in [1.54, 1.807) is 0 Å². The van der Waals surface area contributed by atoms with Gasteiger partial charge in [-0.25, -0.2) is 8.78 Å². The number of anilines is 1. The molecule has 0 unspecified atom stereocenters. The van der Waals surface area contributed by atoms with E-state index < -0.39 is 11.6 Å². The number of hydrogen-bond acceptors (Lipinski definition) is 1. The van der Waals surface area contributed by atoms with Gasteiger partial charge in [-0.2, -0.15) is 0 Å². The molecule has 0 atom stereocenters. The molecule has 0 spiro atoms. The zero-order valence-electron chi connectivity index (χ0n) is 4.87. The molecule has 10 heavy (non-hydrogen) atoms. The highest BCUT2D eigenvalue weighted by Gasteiger charge is 2.05. The van der Waals surface area contributed by atoms with Crippen molar-refractivity contribution in [2.24, 2.45) is 0 Å². The van der Waals surface area contributed by atoms with E-state index >= 15 is 0 Å². The van der Waals surface area contributed by atoms with Gasteiger partial charge in [0.1, 0.15) is 0 Å². The highest BCUT2D eigenvalue weighted by atomic mass is 79.9. The summed E-state index contributed by atoms with van der Waals surface area (Å²) >= 11 is 2.80. The quantitative estimate of drug-likeness (QED) is 0.513. The summed E-state index contributed by atoms with van der Waals surface area (Å²) in [4.78, 5) is 0. The molecule has 0 amide bonds. The highest BCUT2D eigenvalue weighted by molar-refractivity contribution is 9.10. The summed E-state index contributed by atoms with van der Waals surface area (Å²) in [6, 6.07) is 2.23. The highest BCUT2D eigenvalue weighted by Crippen LogP contribution is 2.20. The minimum Gasteiger partial charge on any atom is -0.399 e. The Hall–Kier alpha value is -0.640. The van der Waals surface area contributed by atoms with Crippen molar-refractivity contribution in [3.8, 4) is 0 Å². The second kappa shape index (κ2) is 2.54. The molecule has 1 aromatic carbocycles. The van der Waals surface area contributed by atoms with Gasteiger partial charge in [0.25, 0.3) is 0 Å². The Kier molecular flexibility index (Phi) is 1.89. The van der Waals surface area contributed by atoms with E-state index in [9.17, 15) is 8.78 Å². The molecule has 0 fully saturated rings. The first-order valence-electron chi connectivity index (χ1n) is 2.51. The Morgan fingerprint density at radius 3 is 2.40 bits per heavy atom. The summed E-state index contributed by atoms with van der Waals surface area (Å²) in [6.07, 6.45) is 0. The first-order chi connectivity index (χ1) is 4.61. The average Bonchev–Trinajstić information content (AvgIpc) is 1.82. The predicted octanol–water partition coefficient (Wildman–Crippen LogP) is 2.31. The van der Waals surface area contributed by atoms with Crippen molar-refractivity contribution in [3.05, 3.63) is 28.2 Å². The fourth-order valence-corrected chi connectivity index (χ4v) is 1.03. The van der Waals surface area contributed by atoms with Gasteiger partial charge >= 0.3 is 0 Å². The summed E-state index contributed by atoms with van der Waals surface area (Å²) in [7, 11) is 0. The van der Waals surface area contributed by atoms with E-state index in [0.717, 1.165) is 6.07 Å². The van der Waals surface area contributed by atoms with Gasteiger partial charge < -0.3 is 5.73 Å². The Bertz CT molecular complexity index is 239. The smallest absolute Gasteiger partial charge is 0.173 e. The summed E-state index contributed by atoms with van der Waals surface area (Å²) in [5, 5.41) is 0. The van der Waals surface area contributed by atoms with Crippen LogP contribution in [0.2, 0.25) is 0 Å². The lowest BCUT2D eigenvalue weighted by atomic mass is 10.3. The van der Waals surface area contributed by atoms with E-state index in [1.165, 1.54) is 6.07 Å². The molecule has 2 N–H and O–H groups in total. The van der Waals surface area contributed by atoms with Crippen LogP contribution >= 0.6 is 15.9 Å². The number of benzene rings is 1. The molecule has 0 saturated carbocycles. The first-order valence-corrected chi connectivity index (χ1v) is 3.30. The summed E-state index contributed by atoms with van der Waals surface area (Å²) in [6.45, 7) is 0. The van der Waals surface area contributed by atoms with Crippen molar-refractivity contribution in [2.45, 2.75) is 0 Å². The van der Waals surface area contributed by atoms with Crippen LogP contribution in [0.5, 0.6) is 0 Å². The normalized spacial score (nSPS) is 9.90. The number of hydrogen-bond donors (Lipinski definition) is 1. The largest absolute Gasteiger partial charge is 0.399 e. The molecule has 0 heterocycles. The molecule has 0 saturated heterocycles. The third-order valence-corrected chi connectivity index (χ3v) is 1.58. The molecule has 0 bridgehead atoms. The second-order valence-corrected chi connectivity index (χ2v) is 2.65. The van der Waals surface area contributed by atoms with Crippen LogP contribution < -0.4 is 5.73 Å². The van der Waals surface area contributed by atoms with Crippen molar-refractivity contribution >= 4 is 21.6 Å². The van der Waals surface area contributed by atoms with E-state index in [-0.39, 0.29) is 10.2 Å². The molecule has 0 aromatic heterocycles. The SMILES string of the molecule is Nc1cc(F)c(F)c(Br)c1. The Labute approximate surface area is 65.0 Å². The third kappa shape index (κ3) is 1.26. The summed E-state index contributed by atoms with van der Waals surface area (Å²) in [5.74, 6) is -1.85. The molecule has 0 aliphatic heterocycles. The van der Waals surface area contributed by atoms with Gasteiger partial charge in [-0.3, -0.25) is 0 Å².